The maximum absolute atomic E-state index is 11.0. The smallest absolute Gasteiger partial charge is 1.00 e. The van der Waals surface area contributed by atoms with Gasteiger partial charge in [0.15, 0.2) is 0 Å². The average Bonchev–Trinajstić information content (AvgIpc) is 3.34. The van der Waals surface area contributed by atoms with E-state index in [4.69, 9.17) is 63.4 Å². The molecule has 0 aromatic heterocycles. The molecule has 0 heterocycles. The van der Waals surface area contributed by atoms with E-state index in [1.807, 2.05) is 60.7 Å². The summed E-state index contributed by atoms with van der Waals surface area (Å²) in [5, 5.41) is 34.1. The summed E-state index contributed by atoms with van der Waals surface area (Å²) in [4.78, 5) is 19.9. The Morgan fingerprint density at radius 3 is 1.22 bits per heavy atom. The molecule has 18 heteroatoms. The Kier molecular flexibility index (Phi) is 30.5. The van der Waals surface area contributed by atoms with Crippen molar-refractivity contribution in [2.75, 3.05) is 14.2 Å². The molecule has 9 nitrogen and oxygen atoms in total. The number of rotatable bonds is 11. The van der Waals surface area contributed by atoms with Gasteiger partial charge in [-0.3, -0.25) is 4.79 Å². The number of Topliss-reactive ketones (excluding diaryl/α,β-unsaturated/α-hetero) is 1. The van der Waals surface area contributed by atoms with Gasteiger partial charge in [0.2, 0.25) is 0 Å². The molecule has 0 spiro atoms. The summed E-state index contributed by atoms with van der Waals surface area (Å²) in [7, 11) is 18.1. The number of carbonyl (C=O) groups excluding carboxylic acids is 1. The van der Waals surface area contributed by atoms with Crippen molar-refractivity contribution >= 4 is 56.8 Å². The normalized spacial score (nSPS) is 20.5. The zero-order valence-corrected chi connectivity index (χ0v) is 58.3. The van der Waals surface area contributed by atoms with Crippen LogP contribution in [0.25, 0.3) is 0 Å². The average molecular weight is 1520 g/mol. The van der Waals surface area contributed by atoms with Crippen LogP contribution >= 0.6 is 45.0 Å². The summed E-state index contributed by atoms with van der Waals surface area (Å²) in [5.41, 5.74) is 9.03. The molecule has 480 valence electrons. The number of hydrogen-bond donors (Lipinski definition) is 4. The summed E-state index contributed by atoms with van der Waals surface area (Å²) < 4.78 is 48.8. The number of ketones is 1. The van der Waals surface area contributed by atoms with E-state index in [0.29, 0.717) is 45.2 Å². The number of ether oxygens (including phenoxy) is 3. The largest absolute Gasteiger partial charge is 1.00 e. The number of alkyl halides is 3. The van der Waals surface area contributed by atoms with E-state index in [0.717, 1.165) is 65.9 Å². The number of carboxylic acid groups (broad SMARTS) is 1. The zero-order chi connectivity index (χ0) is 62.6. The number of phenolic OH excluding ortho intramolecular Hbond substituents is 1. The number of carbonyl (C=O) groups is 2. The number of benzene rings is 5. The topological polar surface area (TPSA) is 143 Å². The Bertz CT molecular complexity index is 2690. The first-order valence-corrected chi connectivity index (χ1v) is 36.5. The van der Waals surface area contributed by atoms with E-state index >= 15 is 0 Å². The maximum Gasteiger partial charge on any atom is -1.00 e. The third kappa shape index (κ3) is 26.7. The van der Waals surface area contributed by atoms with Gasteiger partial charge in [0.05, 0.1) is 26.9 Å². The number of aromatic hydroxyl groups is 1. The third-order valence-electron chi connectivity index (χ3n) is 18.1. The number of halogens is 8. The van der Waals surface area contributed by atoms with Crippen molar-refractivity contribution < 1.29 is 94.4 Å². The molecule has 0 atom stereocenters. The van der Waals surface area contributed by atoms with Crippen molar-refractivity contribution in [2.24, 2.45) is 22.7 Å². The van der Waals surface area contributed by atoms with E-state index < -0.39 is 25.1 Å². The minimum Gasteiger partial charge on any atom is -1.00 e. The van der Waals surface area contributed by atoms with Crippen LogP contribution in [-0.2, 0) is 52.0 Å². The number of aliphatic hydroxyl groups excluding tert-OH is 2. The fourth-order valence-electron chi connectivity index (χ4n) is 10.3. The van der Waals surface area contributed by atoms with Crippen LogP contribution < -0.4 is 38.2 Å². The number of carboxylic acids is 1. The molecule has 7 fully saturated rings. The van der Waals surface area contributed by atoms with Gasteiger partial charge in [0, 0.05) is 17.3 Å². The van der Waals surface area contributed by atoms with E-state index in [9.17, 15) is 23.1 Å². The Morgan fingerprint density at radius 1 is 0.570 bits per heavy atom. The van der Waals surface area contributed by atoms with Crippen molar-refractivity contribution in [3.8, 4) is 23.0 Å². The first-order chi connectivity index (χ1) is 40.1. The van der Waals surface area contributed by atoms with Gasteiger partial charge in [-0.25, -0.2) is 4.79 Å². The molecule has 12 rings (SSSR count). The van der Waals surface area contributed by atoms with E-state index in [-0.39, 0.29) is 36.7 Å². The van der Waals surface area contributed by atoms with Crippen molar-refractivity contribution in [1.29, 1.82) is 0 Å². The Labute approximate surface area is 552 Å². The van der Waals surface area contributed by atoms with Crippen LogP contribution in [0.3, 0.4) is 0 Å². The van der Waals surface area contributed by atoms with E-state index in [2.05, 4.69) is 99.1 Å². The van der Waals surface area contributed by atoms with E-state index in [1.54, 1.807) is 26.4 Å². The van der Waals surface area contributed by atoms with Gasteiger partial charge in [-0.15, -0.1) is 0 Å². The predicted octanol–water partition coefficient (Wildman–Crippen LogP) is 16.0. The number of methoxy groups -OCH3 is 2. The molecule has 7 saturated carbocycles. The number of aliphatic hydroxyl groups is 2. The number of hydrogen-bond acceptors (Lipinski definition) is 8. The summed E-state index contributed by atoms with van der Waals surface area (Å²) >= 11 is 1.77. The summed E-state index contributed by atoms with van der Waals surface area (Å²) in [6.45, 7) is 12.4. The second kappa shape index (κ2) is 34.9. The van der Waals surface area contributed by atoms with Crippen molar-refractivity contribution in [3.05, 3.63) is 154 Å². The quantitative estimate of drug-likeness (QED) is 0.0751. The van der Waals surface area contributed by atoms with Crippen LogP contribution in [0.1, 0.15) is 178 Å². The first kappa shape index (κ1) is 75.3. The second-order valence-electron chi connectivity index (χ2n) is 25.0. The summed E-state index contributed by atoms with van der Waals surface area (Å²) in [5.74, 6) is 2.52. The molecule has 0 unspecified atom stereocenters. The van der Waals surface area contributed by atoms with Crippen LogP contribution in [-0.4, -0.2) is 58.7 Å². The van der Waals surface area contributed by atoms with Crippen LogP contribution in [0.5, 0.6) is 23.0 Å². The zero-order valence-electron chi connectivity index (χ0n) is 50.6. The number of aliphatic carboxylic acids is 1. The molecule has 7 aliphatic carbocycles. The Morgan fingerprint density at radius 2 is 0.895 bits per heavy atom. The second-order valence-corrected chi connectivity index (χ2v) is 33.4. The van der Waals surface area contributed by atoms with Gasteiger partial charge in [0.25, 0.3) is 0 Å². The van der Waals surface area contributed by atoms with Crippen molar-refractivity contribution in [1.82, 2.24) is 0 Å². The van der Waals surface area contributed by atoms with Crippen molar-refractivity contribution in [3.63, 3.8) is 0 Å². The van der Waals surface area contributed by atoms with Crippen LogP contribution in [0.2, 0.25) is 0 Å². The molecule has 0 amide bonds. The fourth-order valence-corrected chi connectivity index (χ4v) is 10.6. The Hall–Kier alpha value is -3.15. The third-order valence-corrected chi connectivity index (χ3v) is 18.6. The molecule has 0 saturated heterocycles. The van der Waals surface area contributed by atoms with Gasteiger partial charge in [-0.1, -0.05) is 111 Å². The minimum absolute atomic E-state index is 0. The van der Waals surface area contributed by atoms with E-state index in [1.165, 1.54) is 111 Å². The Balaban J connectivity index is 0.000000217. The summed E-state index contributed by atoms with van der Waals surface area (Å²) in [6, 6.07) is 40.0. The number of phenols is 1. The molecule has 4 N–H and O–H groups in total. The van der Waals surface area contributed by atoms with Gasteiger partial charge in [-0.05, 0) is 230 Å². The fraction of sp³-hybridized carbons (Fsp3) is 0.529. The maximum atomic E-state index is 11.0. The van der Waals surface area contributed by atoms with Gasteiger partial charge in [-0.2, -0.15) is 13.2 Å². The standard InChI is InChI=1S/C18H20O2.C10H11Br.C10H18O.C10H16O.C10H12O.C8H10O2.C2HF3O2.3ClH.HI.Rh/c1-18(11-12-18)15-5-9-17(10-6-15)20-13-14-3-7-16(19-2)8-4-14;4*1-10(6-7-10)8-2-4-9(11)5-3-8;1-10-8-4-2-7(6-9)3-5-8;3-2(4,5)1(6)7;;;;;/h3-10H,11-13H2,1-2H3;2-5H,6-7H2,1H3;8-9,11H,2-7H2,1H3;8H,2-7H2,1H3;2-5,11H,6-7H2,1H3;2-5,9H,6H2,1H3;(H,6,7);4*1H;/q;;;;;;;;;;;+3/p-4. The molecule has 5 aromatic carbocycles. The molecular formula is C68H88BrCl3F3IO9Rh-. The van der Waals surface area contributed by atoms with Crippen LogP contribution in [0, 0.1) is 22.7 Å². The monoisotopic (exact) mass is 1520 g/mol. The van der Waals surface area contributed by atoms with Crippen molar-refractivity contribution in [2.45, 2.75) is 192 Å². The first-order valence-electron chi connectivity index (χ1n) is 29.4. The SMILES string of the molecule is CC1(C2CCC(=O)CC2)CC1.CC1(C2CCC(O)CC2)CC1.CC1(c2ccc(Br)cc2)CC1.CC1(c2ccc(O)cc2)CC1.COc1ccc(CO)cc1.COc1ccc(COc2ccc(C3(C)CC3)cc2)cc1.O=C(O)C(F)(F)F.[Cl][Rh]([Cl])[Cl].[I-]. The van der Waals surface area contributed by atoms with Crippen LogP contribution in [0.4, 0.5) is 13.2 Å². The predicted molar refractivity (Wildman–Crippen MR) is 336 cm³/mol. The molecule has 0 aliphatic heterocycles. The molecular weight excluding hydrogens is 1430 g/mol. The van der Waals surface area contributed by atoms with Gasteiger partial charge >= 0.3 is 54.2 Å². The molecule has 86 heavy (non-hydrogen) atoms. The molecule has 0 bridgehead atoms. The molecule has 5 aromatic rings. The van der Waals surface area contributed by atoms with Gasteiger partial charge < -0.3 is 58.6 Å². The molecule has 0 radical (unpaired) electrons. The molecule has 7 aliphatic rings. The van der Waals surface area contributed by atoms with Crippen LogP contribution in [0.15, 0.2) is 126 Å². The minimum atomic E-state index is -5.08. The van der Waals surface area contributed by atoms with Gasteiger partial charge in [0.1, 0.15) is 35.4 Å². The summed E-state index contributed by atoms with van der Waals surface area (Å²) in [6.07, 6.45) is 17.3.